The van der Waals surface area contributed by atoms with E-state index in [4.69, 9.17) is 0 Å². The van der Waals surface area contributed by atoms with Crippen LogP contribution in [-0.4, -0.2) is 31.7 Å². The van der Waals surface area contributed by atoms with Crippen LogP contribution >= 0.6 is 0 Å². The number of hydrogen-bond donors (Lipinski definition) is 1. The summed E-state index contributed by atoms with van der Waals surface area (Å²) in [6.45, 7) is 4.54. The molecule has 0 rings (SSSR count). The van der Waals surface area contributed by atoms with Crippen LogP contribution in [0.4, 0.5) is 0 Å². The number of ketones is 2. The summed E-state index contributed by atoms with van der Waals surface area (Å²) >= 11 is 0. The summed E-state index contributed by atoms with van der Waals surface area (Å²) in [4.78, 5) is 26.7. The molecule has 0 fully saturated rings. The third-order valence-corrected chi connectivity index (χ3v) is 8.59. The molecule has 0 amide bonds. The molecule has 0 spiro atoms. The molecule has 262 valence electrons. The van der Waals surface area contributed by atoms with Crippen molar-refractivity contribution in [3.63, 3.8) is 0 Å². The summed E-state index contributed by atoms with van der Waals surface area (Å²) in [5.74, 6) is 0.316. The molecule has 3 nitrogen and oxygen atoms in total. The topological polar surface area (TPSA) is 38.6 Å². The lowest BCUT2D eigenvalue weighted by atomic mass is 9.97. The summed E-state index contributed by atoms with van der Waals surface area (Å²) < 4.78 is 0. The lowest BCUT2D eigenvalue weighted by Gasteiger charge is -2.19. The van der Waals surface area contributed by atoms with Crippen LogP contribution in [0.25, 0.3) is 0 Å². The van der Waals surface area contributed by atoms with Crippen molar-refractivity contribution in [1.29, 1.82) is 0 Å². The van der Waals surface area contributed by atoms with Crippen LogP contribution in [0.15, 0.2) is 24.3 Å². The van der Waals surface area contributed by atoms with Gasteiger partial charge in [-0.3, -0.25) is 9.59 Å². The van der Waals surface area contributed by atoms with Crippen molar-refractivity contribution in [2.75, 3.05) is 14.1 Å². The van der Waals surface area contributed by atoms with E-state index in [2.05, 4.69) is 38.2 Å². The lowest BCUT2D eigenvalue weighted by molar-refractivity contribution is -0.865. The Kier molecular flexibility index (Phi) is 41.8. The van der Waals surface area contributed by atoms with E-state index >= 15 is 0 Å². The average Bonchev–Trinajstić information content (AvgIpc) is 2.97. The van der Waals surface area contributed by atoms with Gasteiger partial charge in [0.25, 0.3) is 0 Å². The van der Waals surface area contributed by atoms with Crippen LogP contribution in [-0.2, 0) is 9.59 Å². The summed E-state index contributed by atoms with van der Waals surface area (Å²) in [5.41, 5.74) is 0. The molecule has 0 heterocycles. The molecule has 0 bridgehead atoms. The van der Waals surface area contributed by atoms with Crippen LogP contribution in [0, 0.1) is 0 Å². The molecule has 0 aromatic rings. The van der Waals surface area contributed by atoms with Gasteiger partial charge < -0.3 is 29.7 Å². The normalized spacial score (nSPS) is 11.5. The van der Waals surface area contributed by atoms with E-state index in [1.54, 1.807) is 0 Å². The molecule has 0 radical (unpaired) electrons. The van der Waals surface area contributed by atoms with E-state index < -0.39 is 6.04 Å². The van der Waals surface area contributed by atoms with E-state index in [1.165, 1.54) is 141 Å². The van der Waals surface area contributed by atoms with Gasteiger partial charge in [-0.2, -0.15) is 0 Å². The zero-order chi connectivity index (χ0) is 30.9. The highest BCUT2D eigenvalue weighted by Gasteiger charge is 2.30. The molecule has 5 heteroatoms. The third kappa shape index (κ3) is 32.7. The van der Waals surface area contributed by atoms with Gasteiger partial charge in [-0.05, 0) is 64.2 Å². The van der Waals surface area contributed by atoms with Crippen molar-refractivity contribution in [2.45, 2.75) is 200 Å². The van der Waals surface area contributed by atoms with E-state index in [1.807, 2.05) is 14.1 Å². The number of rotatable bonds is 33. The molecule has 0 saturated carbocycles. The van der Waals surface area contributed by atoms with Gasteiger partial charge in [-0.1, -0.05) is 141 Å². The molecular weight excluding hydrogens is 585 g/mol. The minimum Gasteiger partial charge on any atom is -1.00 e. The third-order valence-electron chi connectivity index (χ3n) is 8.59. The second-order valence-electron chi connectivity index (χ2n) is 13.1. The molecule has 0 aromatic heterocycles. The van der Waals surface area contributed by atoms with Gasteiger partial charge in [0.15, 0.2) is 11.6 Å². The fourth-order valence-electron chi connectivity index (χ4n) is 5.85. The molecule has 1 N–H and O–H groups in total. The van der Waals surface area contributed by atoms with Gasteiger partial charge in [0.1, 0.15) is 0 Å². The van der Waals surface area contributed by atoms with Crippen molar-refractivity contribution in [2.24, 2.45) is 0 Å². The number of quaternary nitrogens is 1. The minimum absolute atomic E-state index is 0. The highest BCUT2D eigenvalue weighted by atomic mass is 35.5. The maximum Gasteiger partial charge on any atom is 0.205 e. The standard InChI is InChI=1S/C39H73NO2.2ClH/c1-5-7-9-11-13-15-17-19-21-23-25-27-29-31-33-35-37(41)39(40(3)4)38(42)36-34-32-30-28-26-24-22-20-18-16-14-12-10-8-6-2;;/h19-22,39H,5-18,23-36H2,1-4H3;2*1H/p-1/b21-19-,22-20-;;. The quantitative estimate of drug-likeness (QED) is 0.0630. The molecular formula is C39H74Cl2NO2-. The van der Waals surface area contributed by atoms with E-state index in [0.717, 1.165) is 30.6 Å². The Morgan fingerprint density at radius 3 is 0.955 bits per heavy atom. The molecule has 44 heavy (non-hydrogen) atoms. The average molecular weight is 660 g/mol. The summed E-state index contributed by atoms with van der Waals surface area (Å²) in [7, 11) is 3.92. The Morgan fingerprint density at radius 2 is 0.682 bits per heavy atom. The van der Waals surface area contributed by atoms with Gasteiger partial charge in [-0.15, -0.1) is 0 Å². The van der Waals surface area contributed by atoms with Gasteiger partial charge in [-0.25, -0.2) is 0 Å². The minimum atomic E-state index is -0.460. The molecule has 0 saturated heterocycles. The first-order valence-corrected chi connectivity index (χ1v) is 18.7. The summed E-state index contributed by atoms with van der Waals surface area (Å²) in [6.07, 6.45) is 43.3. The Labute approximate surface area is 288 Å². The highest BCUT2D eigenvalue weighted by Crippen LogP contribution is 2.13. The van der Waals surface area contributed by atoms with E-state index in [9.17, 15) is 9.59 Å². The Bertz CT molecular complexity index is 611. The molecule has 0 aliphatic carbocycles. The Balaban J connectivity index is -0.00000840. The number of hydrogen-bond acceptors (Lipinski definition) is 2. The second-order valence-corrected chi connectivity index (χ2v) is 13.1. The lowest BCUT2D eigenvalue weighted by Crippen LogP contribution is -3.12. The largest absolute Gasteiger partial charge is 1.00 e. The zero-order valence-corrected chi connectivity index (χ0v) is 31.3. The van der Waals surface area contributed by atoms with Crippen LogP contribution in [0.5, 0.6) is 0 Å². The molecule has 0 unspecified atom stereocenters. The SMILES string of the molecule is CCCCCCCC/C=C\CCCCCCCC(=O)C(C(=O)CCCCCCC/C=C\CCCCCCCC)[NH+](C)C.[Cl-].[Cl-]. The van der Waals surface area contributed by atoms with Crippen LogP contribution < -0.4 is 29.7 Å². The number of unbranched alkanes of at least 4 members (excludes halogenated alkanes) is 22. The number of carbonyl (C=O) groups is 2. The fourth-order valence-corrected chi connectivity index (χ4v) is 5.85. The van der Waals surface area contributed by atoms with Gasteiger partial charge >= 0.3 is 0 Å². The van der Waals surface area contributed by atoms with Gasteiger partial charge in [0.2, 0.25) is 6.04 Å². The number of likely N-dealkylation sites (N-methyl/N-ethyl adjacent to an activating group) is 1. The maximum absolute atomic E-state index is 12.9. The Morgan fingerprint density at radius 1 is 0.432 bits per heavy atom. The monoisotopic (exact) mass is 659 g/mol. The maximum atomic E-state index is 12.9. The van der Waals surface area contributed by atoms with E-state index in [0.29, 0.717) is 12.8 Å². The molecule has 0 atom stereocenters. The number of carbonyl (C=O) groups excluding carboxylic acids is 2. The summed E-state index contributed by atoms with van der Waals surface area (Å²) in [6, 6.07) is -0.460. The number of halogens is 2. The molecule has 0 aliphatic rings. The zero-order valence-electron chi connectivity index (χ0n) is 29.8. The number of Topliss-reactive ketones (excluding diaryl/α,β-unsaturated/α-hetero) is 2. The fraction of sp³-hybridized carbons (Fsp3) is 0.846. The van der Waals surface area contributed by atoms with Crippen LogP contribution in [0.2, 0.25) is 0 Å². The first-order chi connectivity index (χ1) is 20.5. The van der Waals surface area contributed by atoms with Crippen LogP contribution in [0.3, 0.4) is 0 Å². The summed E-state index contributed by atoms with van der Waals surface area (Å²) in [5, 5.41) is 0. The number of allylic oxidation sites excluding steroid dienone is 4. The van der Waals surface area contributed by atoms with Crippen molar-refractivity contribution in [3.8, 4) is 0 Å². The van der Waals surface area contributed by atoms with Crippen molar-refractivity contribution in [3.05, 3.63) is 24.3 Å². The highest BCUT2D eigenvalue weighted by molar-refractivity contribution is 6.04. The first kappa shape index (κ1) is 47.8. The predicted octanol–water partition coefficient (Wildman–Crippen LogP) is 4.72. The van der Waals surface area contributed by atoms with Gasteiger partial charge in [0, 0.05) is 12.8 Å². The molecule has 0 aliphatic heterocycles. The van der Waals surface area contributed by atoms with Crippen molar-refractivity contribution >= 4 is 11.6 Å². The first-order valence-electron chi connectivity index (χ1n) is 18.7. The molecule has 0 aromatic carbocycles. The Hall–Kier alpha value is -0.640. The van der Waals surface area contributed by atoms with Gasteiger partial charge in [0.05, 0.1) is 14.1 Å². The second kappa shape index (κ2) is 38.5. The smallest absolute Gasteiger partial charge is 0.205 e. The van der Waals surface area contributed by atoms with Crippen molar-refractivity contribution < 1.29 is 39.3 Å². The van der Waals surface area contributed by atoms with E-state index in [-0.39, 0.29) is 36.4 Å². The van der Waals surface area contributed by atoms with Crippen LogP contribution in [0.1, 0.15) is 194 Å². The number of nitrogens with one attached hydrogen (secondary N) is 1. The van der Waals surface area contributed by atoms with Crippen molar-refractivity contribution in [1.82, 2.24) is 0 Å². The predicted molar refractivity (Wildman–Crippen MR) is 186 cm³/mol.